The molecule has 112 valence electrons. The highest BCUT2D eigenvalue weighted by Gasteiger charge is 2.06. The number of rotatable bonds is 8. The number of likely N-dealkylation sites (N-methyl/N-ethyl adjacent to an activating group) is 1. The van der Waals surface area contributed by atoms with Gasteiger partial charge in [0, 0.05) is 25.1 Å². The van der Waals surface area contributed by atoms with E-state index in [1.165, 1.54) is 0 Å². The normalized spacial score (nSPS) is 11.8. The summed E-state index contributed by atoms with van der Waals surface area (Å²) < 4.78 is 10.4. The number of benzene rings is 1. The Kier molecular flexibility index (Phi) is 6.87. The molecule has 0 aliphatic heterocycles. The van der Waals surface area contributed by atoms with Crippen molar-refractivity contribution in [3.8, 4) is 11.5 Å². The Hall–Kier alpha value is -1.75. The first-order chi connectivity index (χ1) is 9.58. The summed E-state index contributed by atoms with van der Waals surface area (Å²) in [5.74, 6) is 1.53. The lowest BCUT2D eigenvalue weighted by Crippen LogP contribution is -2.37. The van der Waals surface area contributed by atoms with Gasteiger partial charge in [-0.05, 0) is 38.1 Å². The third kappa shape index (κ3) is 5.48. The third-order valence-electron chi connectivity index (χ3n) is 3.15. The number of carbonyl (C=O) groups is 1. The van der Waals surface area contributed by atoms with Crippen LogP contribution in [-0.2, 0) is 11.2 Å². The molecule has 2 N–H and O–H groups in total. The molecule has 0 saturated heterocycles. The van der Waals surface area contributed by atoms with Crippen molar-refractivity contribution in [1.82, 2.24) is 10.6 Å². The van der Waals surface area contributed by atoms with Gasteiger partial charge >= 0.3 is 0 Å². The van der Waals surface area contributed by atoms with Crippen LogP contribution in [0.2, 0.25) is 0 Å². The molecule has 0 radical (unpaired) electrons. The highest BCUT2D eigenvalue weighted by molar-refractivity contribution is 5.76. The Morgan fingerprint density at radius 3 is 2.30 bits per heavy atom. The maximum Gasteiger partial charge on any atom is 0.220 e. The zero-order valence-corrected chi connectivity index (χ0v) is 12.7. The molecule has 1 atom stereocenters. The van der Waals surface area contributed by atoms with Crippen LogP contribution in [0.25, 0.3) is 0 Å². The molecule has 0 saturated carbocycles. The molecule has 1 rings (SSSR count). The lowest BCUT2D eigenvalue weighted by molar-refractivity contribution is -0.121. The van der Waals surface area contributed by atoms with Crippen LogP contribution in [0, 0.1) is 0 Å². The van der Waals surface area contributed by atoms with Gasteiger partial charge in [-0.3, -0.25) is 4.79 Å². The topological polar surface area (TPSA) is 59.6 Å². The number of methoxy groups -OCH3 is 2. The Morgan fingerprint density at radius 2 is 1.80 bits per heavy atom. The Bertz CT molecular complexity index is 413. The fraction of sp³-hybridized carbons (Fsp3) is 0.533. The first-order valence-corrected chi connectivity index (χ1v) is 6.75. The van der Waals surface area contributed by atoms with Gasteiger partial charge in [-0.2, -0.15) is 0 Å². The van der Waals surface area contributed by atoms with E-state index < -0.39 is 0 Å². The number of ether oxygens (including phenoxy) is 2. The van der Waals surface area contributed by atoms with Crippen LogP contribution in [0.1, 0.15) is 18.9 Å². The lowest BCUT2D eigenvalue weighted by Gasteiger charge is -2.12. The summed E-state index contributed by atoms with van der Waals surface area (Å²) in [6.45, 7) is 2.66. The average molecular weight is 280 g/mol. The molecule has 0 heterocycles. The first kappa shape index (κ1) is 16.3. The van der Waals surface area contributed by atoms with E-state index >= 15 is 0 Å². The molecule has 0 aliphatic carbocycles. The summed E-state index contributed by atoms with van der Waals surface area (Å²) in [4.78, 5) is 11.7. The highest BCUT2D eigenvalue weighted by Crippen LogP contribution is 2.23. The number of amides is 1. The molecule has 1 amide bonds. The van der Waals surface area contributed by atoms with Crippen molar-refractivity contribution in [3.63, 3.8) is 0 Å². The monoisotopic (exact) mass is 280 g/mol. The maximum absolute atomic E-state index is 11.7. The van der Waals surface area contributed by atoms with E-state index in [-0.39, 0.29) is 11.9 Å². The molecule has 5 nitrogen and oxygen atoms in total. The minimum Gasteiger partial charge on any atom is -0.497 e. The maximum atomic E-state index is 11.7. The van der Waals surface area contributed by atoms with Gasteiger partial charge in [-0.25, -0.2) is 0 Å². The van der Waals surface area contributed by atoms with Gasteiger partial charge in [0.15, 0.2) is 0 Å². The Morgan fingerprint density at radius 1 is 1.20 bits per heavy atom. The third-order valence-corrected chi connectivity index (χ3v) is 3.15. The van der Waals surface area contributed by atoms with Crippen molar-refractivity contribution in [2.75, 3.05) is 27.8 Å². The van der Waals surface area contributed by atoms with Crippen molar-refractivity contribution in [2.24, 2.45) is 0 Å². The second-order valence-electron chi connectivity index (χ2n) is 4.71. The number of carbonyl (C=O) groups excluding carboxylic acids is 1. The van der Waals surface area contributed by atoms with Crippen LogP contribution in [0.5, 0.6) is 11.5 Å². The van der Waals surface area contributed by atoms with Crippen molar-refractivity contribution in [3.05, 3.63) is 23.8 Å². The first-order valence-electron chi connectivity index (χ1n) is 6.75. The molecule has 0 bridgehead atoms. The quantitative estimate of drug-likeness (QED) is 0.755. The minimum absolute atomic E-state index is 0.0499. The molecule has 0 spiro atoms. The van der Waals surface area contributed by atoms with Gasteiger partial charge in [0.25, 0.3) is 0 Å². The molecular weight excluding hydrogens is 256 g/mol. The Balaban J connectivity index is 2.50. The van der Waals surface area contributed by atoms with Crippen molar-refractivity contribution >= 4 is 5.91 Å². The molecular formula is C15H24N2O3. The van der Waals surface area contributed by atoms with Gasteiger partial charge in [0.1, 0.15) is 11.5 Å². The van der Waals surface area contributed by atoms with Crippen LogP contribution in [0.4, 0.5) is 0 Å². The van der Waals surface area contributed by atoms with Crippen LogP contribution in [-0.4, -0.2) is 39.8 Å². The summed E-state index contributed by atoms with van der Waals surface area (Å²) in [5, 5.41) is 5.97. The summed E-state index contributed by atoms with van der Waals surface area (Å²) in [5.41, 5.74) is 1.03. The molecule has 1 aromatic rings. The van der Waals surface area contributed by atoms with Gasteiger partial charge < -0.3 is 20.1 Å². The van der Waals surface area contributed by atoms with Crippen LogP contribution in [0.3, 0.4) is 0 Å². The van der Waals surface area contributed by atoms with Gasteiger partial charge in [-0.15, -0.1) is 0 Å². The van der Waals surface area contributed by atoms with Crippen LogP contribution in [0.15, 0.2) is 18.2 Å². The van der Waals surface area contributed by atoms with E-state index in [1.54, 1.807) is 14.2 Å². The molecule has 5 heteroatoms. The molecule has 0 fully saturated rings. The predicted octanol–water partition coefficient (Wildman–Crippen LogP) is 1.36. The van der Waals surface area contributed by atoms with E-state index in [9.17, 15) is 4.79 Å². The summed E-state index contributed by atoms with van der Waals surface area (Å²) >= 11 is 0. The number of aryl methyl sites for hydroxylation is 1. The standard InChI is InChI=1S/C15H24N2O3/c1-11(16-2)10-17-15(18)6-5-12-7-13(19-3)9-14(8-12)20-4/h7-9,11,16H,5-6,10H2,1-4H3,(H,17,18). The SMILES string of the molecule is CNC(C)CNC(=O)CCc1cc(OC)cc(OC)c1. The number of hydrogen-bond donors (Lipinski definition) is 2. The Labute approximate surface area is 120 Å². The van der Waals surface area contributed by atoms with E-state index in [4.69, 9.17) is 9.47 Å². The summed E-state index contributed by atoms with van der Waals surface area (Å²) in [6, 6.07) is 5.94. The highest BCUT2D eigenvalue weighted by atomic mass is 16.5. The largest absolute Gasteiger partial charge is 0.497 e. The van der Waals surface area contributed by atoms with E-state index in [1.807, 2.05) is 32.2 Å². The fourth-order valence-electron chi connectivity index (χ4n) is 1.73. The van der Waals surface area contributed by atoms with Gasteiger partial charge in [0.05, 0.1) is 14.2 Å². The zero-order chi connectivity index (χ0) is 15.0. The fourth-order valence-corrected chi connectivity index (χ4v) is 1.73. The van der Waals surface area contributed by atoms with Crippen molar-refractivity contribution in [2.45, 2.75) is 25.8 Å². The molecule has 1 aromatic carbocycles. The van der Waals surface area contributed by atoms with E-state index in [0.717, 1.165) is 17.1 Å². The molecule has 1 unspecified atom stereocenters. The second kappa shape index (κ2) is 8.43. The van der Waals surface area contributed by atoms with Crippen molar-refractivity contribution < 1.29 is 14.3 Å². The van der Waals surface area contributed by atoms with Gasteiger partial charge in [-0.1, -0.05) is 0 Å². The van der Waals surface area contributed by atoms with Crippen LogP contribution < -0.4 is 20.1 Å². The summed E-state index contributed by atoms with van der Waals surface area (Å²) in [7, 11) is 5.11. The number of hydrogen-bond acceptors (Lipinski definition) is 4. The predicted molar refractivity (Wildman–Crippen MR) is 79.4 cm³/mol. The van der Waals surface area contributed by atoms with Crippen LogP contribution >= 0.6 is 0 Å². The second-order valence-corrected chi connectivity index (χ2v) is 4.71. The lowest BCUT2D eigenvalue weighted by atomic mass is 10.1. The zero-order valence-electron chi connectivity index (χ0n) is 12.7. The van der Waals surface area contributed by atoms with E-state index in [0.29, 0.717) is 19.4 Å². The number of nitrogens with one attached hydrogen (secondary N) is 2. The van der Waals surface area contributed by atoms with E-state index in [2.05, 4.69) is 10.6 Å². The average Bonchev–Trinajstić information content (AvgIpc) is 2.49. The summed E-state index contributed by atoms with van der Waals surface area (Å²) in [6.07, 6.45) is 1.11. The molecule has 0 aromatic heterocycles. The van der Waals surface area contributed by atoms with Crippen molar-refractivity contribution in [1.29, 1.82) is 0 Å². The minimum atomic E-state index is 0.0499. The smallest absolute Gasteiger partial charge is 0.220 e. The van der Waals surface area contributed by atoms with Gasteiger partial charge in [0.2, 0.25) is 5.91 Å². The molecule has 0 aliphatic rings. The molecule has 20 heavy (non-hydrogen) atoms.